The lowest BCUT2D eigenvalue weighted by Crippen LogP contribution is -2.48. The van der Waals surface area contributed by atoms with E-state index in [4.69, 9.17) is 5.26 Å². The second-order valence-electron chi connectivity index (χ2n) is 4.61. The van der Waals surface area contributed by atoms with Crippen LogP contribution < -0.4 is 0 Å². The van der Waals surface area contributed by atoms with Gasteiger partial charge in [0.2, 0.25) is 10.0 Å². The van der Waals surface area contributed by atoms with Crippen molar-refractivity contribution in [2.45, 2.75) is 6.54 Å². The fourth-order valence-electron chi connectivity index (χ4n) is 2.07. The predicted octanol–water partition coefficient (Wildman–Crippen LogP) is -0.668. The molecule has 19 heavy (non-hydrogen) atoms. The van der Waals surface area contributed by atoms with Gasteiger partial charge in [0.05, 0.1) is 24.6 Å². The molecule has 0 unspecified atom stereocenters. The average molecular weight is 283 g/mol. The lowest BCUT2D eigenvalue weighted by atomic mass is 10.3. The smallest absolute Gasteiger partial charge is 0.211 e. The van der Waals surface area contributed by atoms with E-state index in [1.54, 1.807) is 17.1 Å². The van der Waals surface area contributed by atoms with Crippen molar-refractivity contribution in [1.82, 2.24) is 19.0 Å². The highest BCUT2D eigenvalue weighted by Gasteiger charge is 2.22. The van der Waals surface area contributed by atoms with Gasteiger partial charge in [-0.3, -0.25) is 9.58 Å². The molecule has 1 fully saturated rings. The van der Waals surface area contributed by atoms with Crippen molar-refractivity contribution in [2.75, 3.05) is 39.0 Å². The van der Waals surface area contributed by atoms with Crippen molar-refractivity contribution in [3.05, 3.63) is 18.0 Å². The van der Waals surface area contributed by atoms with Gasteiger partial charge in [-0.05, 0) is 0 Å². The molecule has 1 saturated heterocycles. The zero-order valence-electron chi connectivity index (χ0n) is 10.9. The zero-order valence-corrected chi connectivity index (χ0v) is 11.7. The van der Waals surface area contributed by atoms with E-state index < -0.39 is 10.0 Å². The number of hydrogen-bond donors (Lipinski definition) is 0. The van der Waals surface area contributed by atoms with Crippen molar-refractivity contribution < 1.29 is 8.42 Å². The van der Waals surface area contributed by atoms with Gasteiger partial charge in [0.25, 0.3) is 0 Å². The normalized spacial score (nSPS) is 18.3. The topological polar surface area (TPSA) is 82.2 Å². The average Bonchev–Trinajstić information content (AvgIpc) is 2.84. The molecule has 104 valence electrons. The van der Waals surface area contributed by atoms with Crippen LogP contribution in [-0.4, -0.2) is 66.4 Å². The third kappa shape index (κ3) is 3.76. The summed E-state index contributed by atoms with van der Waals surface area (Å²) in [5.41, 5.74) is 0.557. The third-order valence-electron chi connectivity index (χ3n) is 3.21. The molecule has 2 rings (SSSR count). The van der Waals surface area contributed by atoms with Gasteiger partial charge >= 0.3 is 0 Å². The van der Waals surface area contributed by atoms with Crippen molar-refractivity contribution in [1.29, 1.82) is 5.26 Å². The molecule has 0 bridgehead atoms. The SMILES string of the molecule is CS(=O)(=O)N1CCN(CCn2cc(C#N)cn2)CC1. The molecule has 0 aromatic carbocycles. The molecule has 0 spiro atoms. The Labute approximate surface area is 113 Å². The fourth-order valence-corrected chi connectivity index (χ4v) is 2.90. The first kappa shape index (κ1) is 14.0. The molecule has 8 heteroatoms. The fraction of sp³-hybridized carbons (Fsp3) is 0.636. The Morgan fingerprint density at radius 3 is 2.53 bits per heavy atom. The summed E-state index contributed by atoms with van der Waals surface area (Å²) < 4.78 is 26.0. The Morgan fingerprint density at radius 2 is 2.00 bits per heavy atom. The summed E-state index contributed by atoms with van der Waals surface area (Å²) in [6.07, 6.45) is 4.50. The Balaban J connectivity index is 1.79. The third-order valence-corrected chi connectivity index (χ3v) is 4.51. The van der Waals surface area contributed by atoms with Crippen LogP contribution >= 0.6 is 0 Å². The number of nitriles is 1. The minimum absolute atomic E-state index is 0.543. The number of aromatic nitrogens is 2. The van der Waals surface area contributed by atoms with Gasteiger partial charge in [-0.2, -0.15) is 14.7 Å². The summed E-state index contributed by atoms with van der Waals surface area (Å²) in [6, 6.07) is 2.04. The van der Waals surface area contributed by atoms with Crippen LogP contribution in [0.15, 0.2) is 12.4 Å². The van der Waals surface area contributed by atoms with E-state index in [0.29, 0.717) is 25.2 Å². The Kier molecular flexibility index (Phi) is 4.19. The second kappa shape index (κ2) is 5.69. The quantitative estimate of drug-likeness (QED) is 0.732. The summed E-state index contributed by atoms with van der Waals surface area (Å²) in [5.74, 6) is 0. The lowest BCUT2D eigenvalue weighted by molar-refractivity contribution is 0.181. The number of sulfonamides is 1. The minimum Gasteiger partial charge on any atom is -0.299 e. The molecular formula is C11H17N5O2S. The Bertz CT molecular complexity index is 566. The molecular weight excluding hydrogens is 266 g/mol. The molecule has 7 nitrogen and oxygen atoms in total. The van der Waals surface area contributed by atoms with E-state index in [0.717, 1.165) is 19.6 Å². The number of hydrogen-bond acceptors (Lipinski definition) is 5. The molecule has 0 atom stereocenters. The largest absolute Gasteiger partial charge is 0.299 e. The molecule has 0 amide bonds. The maximum Gasteiger partial charge on any atom is 0.211 e. The van der Waals surface area contributed by atoms with Crippen LogP contribution in [-0.2, 0) is 16.6 Å². The van der Waals surface area contributed by atoms with Gasteiger partial charge in [0.15, 0.2) is 0 Å². The predicted molar refractivity (Wildman–Crippen MR) is 69.8 cm³/mol. The zero-order chi connectivity index (χ0) is 13.9. The molecule has 0 radical (unpaired) electrons. The Morgan fingerprint density at radius 1 is 1.32 bits per heavy atom. The first-order valence-electron chi connectivity index (χ1n) is 6.09. The molecule has 0 N–H and O–H groups in total. The number of nitrogens with zero attached hydrogens (tertiary/aromatic N) is 5. The van der Waals surface area contributed by atoms with Crippen LogP contribution in [0.25, 0.3) is 0 Å². The van der Waals surface area contributed by atoms with Gasteiger partial charge in [-0.1, -0.05) is 0 Å². The molecule has 1 aromatic heterocycles. The van der Waals surface area contributed by atoms with Gasteiger partial charge < -0.3 is 0 Å². The molecule has 2 heterocycles. The van der Waals surface area contributed by atoms with Crippen molar-refractivity contribution in [2.24, 2.45) is 0 Å². The van der Waals surface area contributed by atoms with E-state index in [2.05, 4.69) is 10.00 Å². The van der Waals surface area contributed by atoms with Crippen LogP contribution in [0.3, 0.4) is 0 Å². The van der Waals surface area contributed by atoms with E-state index in [1.807, 2.05) is 6.07 Å². The maximum atomic E-state index is 11.4. The number of rotatable bonds is 4. The van der Waals surface area contributed by atoms with Gasteiger partial charge in [-0.25, -0.2) is 8.42 Å². The van der Waals surface area contributed by atoms with Crippen LogP contribution in [0, 0.1) is 11.3 Å². The van der Waals surface area contributed by atoms with Crippen LogP contribution in [0.1, 0.15) is 5.56 Å². The van der Waals surface area contributed by atoms with E-state index in [1.165, 1.54) is 10.6 Å². The first-order chi connectivity index (χ1) is 8.99. The lowest BCUT2D eigenvalue weighted by Gasteiger charge is -2.33. The summed E-state index contributed by atoms with van der Waals surface area (Å²) >= 11 is 0. The van der Waals surface area contributed by atoms with Gasteiger partial charge in [-0.15, -0.1) is 0 Å². The van der Waals surface area contributed by atoms with Crippen molar-refractivity contribution in [3.63, 3.8) is 0 Å². The highest BCUT2D eigenvalue weighted by molar-refractivity contribution is 7.88. The van der Waals surface area contributed by atoms with Crippen LogP contribution in [0.2, 0.25) is 0 Å². The van der Waals surface area contributed by atoms with Gasteiger partial charge in [0, 0.05) is 38.9 Å². The molecule has 0 saturated carbocycles. The van der Waals surface area contributed by atoms with Crippen LogP contribution in [0.4, 0.5) is 0 Å². The van der Waals surface area contributed by atoms with Crippen molar-refractivity contribution in [3.8, 4) is 6.07 Å². The van der Waals surface area contributed by atoms with E-state index >= 15 is 0 Å². The summed E-state index contributed by atoms with van der Waals surface area (Å²) in [4.78, 5) is 2.20. The highest BCUT2D eigenvalue weighted by Crippen LogP contribution is 2.06. The maximum absolute atomic E-state index is 11.4. The summed E-state index contributed by atoms with van der Waals surface area (Å²) in [6.45, 7) is 4.08. The molecule has 0 aliphatic carbocycles. The standard InChI is InChI=1S/C11H17N5O2S/c1-19(17,18)16-6-3-14(4-7-16)2-5-15-10-11(8-12)9-13-15/h9-10H,2-7H2,1H3. The monoisotopic (exact) mass is 283 g/mol. The first-order valence-corrected chi connectivity index (χ1v) is 7.94. The van der Waals surface area contributed by atoms with E-state index in [-0.39, 0.29) is 0 Å². The van der Waals surface area contributed by atoms with Crippen molar-refractivity contribution >= 4 is 10.0 Å². The molecule has 1 aliphatic rings. The summed E-state index contributed by atoms with van der Waals surface area (Å²) in [7, 11) is -3.06. The van der Waals surface area contributed by atoms with Crippen LogP contribution in [0.5, 0.6) is 0 Å². The highest BCUT2D eigenvalue weighted by atomic mass is 32.2. The molecule has 1 aromatic rings. The second-order valence-corrected chi connectivity index (χ2v) is 6.59. The summed E-state index contributed by atoms with van der Waals surface area (Å²) in [5, 5.41) is 12.8. The van der Waals surface area contributed by atoms with E-state index in [9.17, 15) is 8.42 Å². The van der Waals surface area contributed by atoms with Gasteiger partial charge in [0.1, 0.15) is 6.07 Å². The Hall–Kier alpha value is -1.43. The molecule has 1 aliphatic heterocycles. The minimum atomic E-state index is -3.06. The number of piperazine rings is 1.